The summed E-state index contributed by atoms with van der Waals surface area (Å²) in [4.78, 5) is 16.3. The summed E-state index contributed by atoms with van der Waals surface area (Å²) >= 11 is 5.94. The first-order chi connectivity index (χ1) is 13.3. The Balaban J connectivity index is 2.42. The predicted octanol–water partition coefficient (Wildman–Crippen LogP) is 3.29. The standard InChI is InChI=1S/C14H12ClF6N7O/c1-27(5-13(16,17)18)6-22-10-8(14(19,20)21)4-3-7(9(10)15)11(29)23-12-24-25-26-28(12)2/h3-4,6H,5H2,1-2H3,(H,23,24,26,29). The number of alkyl halides is 6. The van der Waals surface area contributed by atoms with Crippen molar-refractivity contribution in [2.24, 2.45) is 12.0 Å². The molecular weight excluding hydrogens is 432 g/mol. The minimum atomic E-state index is -4.92. The molecule has 0 radical (unpaired) electrons. The zero-order valence-electron chi connectivity index (χ0n) is 14.7. The van der Waals surface area contributed by atoms with Crippen molar-refractivity contribution in [3.05, 3.63) is 28.3 Å². The molecule has 0 aliphatic rings. The number of anilines is 1. The highest BCUT2D eigenvalue weighted by Crippen LogP contribution is 2.42. The van der Waals surface area contributed by atoms with Crippen LogP contribution in [0.25, 0.3) is 0 Å². The third-order valence-corrected chi connectivity index (χ3v) is 3.71. The van der Waals surface area contributed by atoms with E-state index in [-0.39, 0.29) is 5.95 Å². The van der Waals surface area contributed by atoms with Gasteiger partial charge in [0.15, 0.2) is 0 Å². The predicted molar refractivity (Wildman–Crippen MR) is 90.0 cm³/mol. The van der Waals surface area contributed by atoms with Crippen molar-refractivity contribution >= 4 is 35.5 Å². The maximum atomic E-state index is 13.3. The van der Waals surface area contributed by atoms with E-state index in [1.807, 2.05) is 0 Å². The monoisotopic (exact) mass is 443 g/mol. The van der Waals surface area contributed by atoms with Gasteiger partial charge in [-0.3, -0.25) is 10.1 Å². The van der Waals surface area contributed by atoms with E-state index in [4.69, 9.17) is 11.6 Å². The van der Waals surface area contributed by atoms with Crippen LogP contribution in [0.15, 0.2) is 17.1 Å². The van der Waals surface area contributed by atoms with E-state index in [0.717, 1.165) is 17.8 Å². The maximum absolute atomic E-state index is 13.3. The number of rotatable bonds is 5. The van der Waals surface area contributed by atoms with Gasteiger partial charge >= 0.3 is 12.4 Å². The summed E-state index contributed by atoms with van der Waals surface area (Å²) in [6.07, 6.45) is -8.97. The van der Waals surface area contributed by atoms with Crippen LogP contribution in [0.3, 0.4) is 0 Å². The number of hydrogen-bond acceptors (Lipinski definition) is 5. The second-order valence-electron chi connectivity index (χ2n) is 5.68. The molecule has 0 spiro atoms. The number of aromatic nitrogens is 4. The van der Waals surface area contributed by atoms with Gasteiger partial charge in [0.1, 0.15) is 6.54 Å². The van der Waals surface area contributed by atoms with Gasteiger partial charge in [-0.2, -0.15) is 26.3 Å². The molecule has 0 atom stereocenters. The largest absolute Gasteiger partial charge is 0.418 e. The van der Waals surface area contributed by atoms with Crippen LogP contribution in [0.4, 0.5) is 38.0 Å². The number of aryl methyl sites for hydroxylation is 1. The highest BCUT2D eigenvalue weighted by atomic mass is 35.5. The third-order valence-electron chi connectivity index (χ3n) is 3.32. The van der Waals surface area contributed by atoms with Gasteiger partial charge in [0.05, 0.1) is 28.2 Å². The van der Waals surface area contributed by atoms with E-state index >= 15 is 0 Å². The molecule has 0 bridgehead atoms. The van der Waals surface area contributed by atoms with Crippen LogP contribution in [0.1, 0.15) is 15.9 Å². The molecule has 0 unspecified atom stereocenters. The van der Waals surface area contributed by atoms with Crippen molar-refractivity contribution in [2.75, 3.05) is 18.9 Å². The molecule has 2 rings (SSSR count). The topological polar surface area (TPSA) is 88.3 Å². The molecule has 0 aliphatic carbocycles. The zero-order chi connectivity index (χ0) is 22.0. The second-order valence-corrected chi connectivity index (χ2v) is 6.05. The van der Waals surface area contributed by atoms with E-state index in [2.05, 4.69) is 25.8 Å². The van der Waals surface area contributed by atoms with E-state index in [0.29, 0.717) is 17.3 Å². The Morgan fingerprint density at radius 1 is 1.31 bits per heavy atom. The number of amides is 1. The summed E-state index contributed by atoms with van der Waals surface area (Å²) in [6.45, 7) is -1.45. The summed E-state index contributed by atoms with van der Waals surface area (Å²) in [6, 6.07) is 1.36. The van der Waals surface area contributed by atoms with Crippen LogP contribution in [-0.2, 0) is 13.2 Å². The molecule has 29 heavy (non-hydrogen) atoms. The lowest BCUT2D eigenvalue weighted by Gasteiger charge is -2.17. The molecule has 1 N–H and O–H groups in total. The van der Waals surface area contributed by atoms with Gasteiger partial charge < -0.3 is 4.90 Å². The number of halogens is 7. The molecule has 0 saturated heterocycles. The van der Waals surface area contributed by atoms with Crippen LogP contribution in [0, 0.1) is 0 Å². The summed E-state index contributed by atoms with van der Waals surface area (Å²) in [5.41, 5.74) is -2.64. The molecule has 15 heteroatoms. The van der Waals surface area contributed by atoms with Gasteiger partial charge in [0.2, 0.25) is 5.95 Å². The van der Waals surface area contributed by atoms with E-state index < -0.39 is 46.6 Å². The first-order valence-corrected chi connectivity index (χ1v) is 7.92. The first kappa shape index (κ1) is 22.4. The van der Waals surface area contributed by atoms with Crippen molar-refractivity contribution in [1.29, 1.82) is 0 Å². The number of carbonyl (C=O) groups excluding carboxylic acids is 1. The van der Waals surface area contributed by atoms with Gasteiger partial charge in [-0.1, -0.05) is 16.7 Å². The fourth-order valence-electron chi connectivity index (χ4n) is 2.08. The number of tetrazole rings is 1. The number of nitrogens with zero attached hydrogens (tertiary/aromatic N) is 6. The van der Waals surface area contributed by atoms with Crippen LogP contribution in [-0.4, -0.2) is 57.1 Å². The average Bonchev–Trinajstić information content (AvgIpc) is 2.95. The molecular formula is C14H12ClF6N7O. The molecule has 0 fully saturated rings. The Hall–Kier alpha value is -2.90. The minimum Gasteiger partial charge on any atom is -0.357 e. The van der Waals surface area contributed by atoms with Gasteiger partial charge in [0.25, 0.3) is 5.91 Å². The third kappa shape index (κ3) is 5.79. The van der Waals surface area contributed by atoms with Crippen LogP contribution >= 0.6 is 11.6 Å². The summed E-state index contributed by atoms with van der Waals surface area (Å²) < 4.78 is 78.0. The quantitative estimate of drug-likeness (QED) is 0.435. The highest BCUT2D eigenvalue weighted by Gasteiger charge is 2.36. The molecule has 1 amide bonds. The van der Waals surface area contributed by atoms with Crippen LogP contribution in [0.2, 0.25) is 5.02 Å². The minimum absolute atomic E-state index is 0.110. The lowest BCUT2D eigenvalue weighted by molar-refractivity contribution is -0.137. The zero-order valence-corrected chi connectivity index (χ0v) is 15.4. The number of hydrogen-bond donors (Lipinski definition) is 1. The molecule has 1 heterocycles. The molecule has 1 aromatic heterocycles. The lowest BCUT2D eigenvalue weighted by atomic mass is 10.1. The lowest BCUT2D eigenvalue weighted by Crippen LogP contribution is -2.29. The van der Waals surface area contributed by atoms with Gasteiger partial charge in [0, 0.05) is 14.1 Å². The van der Waals surface area contributed by atoms with E-state index in [1.54, 1.807) is 0 Å². The molecule has 0 aliphatic heterocycles. The second kappa shape index (κ2) is 8.23. The Morgan fingerprint density at radius 2 is 1.97 bits per heavy atom. The van der Waals surface area contributed by atoms with Crippen LogP contribution < -0.4 is 5.32 Å². The number of carbonyl (C=O) groups is 1. The van der Waals surface area contributed by atoms with Crippen molar-refractivity contribution in [1.82, 2.24) is 25.1 Å². The van der Waals surface area contributed by atoms with Crippen molar-refractivity contribution in [3.8, 4) is 0 Å². The fraction of sp³-hybridized carbons (Fsp3) is 0.357. The molecule has 0 saturated carbocycles. The maximum Gasteiger partial charge on any atom is 0.418 e. The van der Waals surface area contributed by atoms with E-state index in [1.165, 1.54) is 7.05 Å². The van der Waals surface area contributed by atoms with Crippen LogP contribution in [0.5, 0.6) is 0 Å². The SMILES string of the molecule is CN(C=Nc1c(C(F)(F)F)ccc(C(=O)Nc2nnnn2C)c1Cl)CC(F)(F)F. The number of nitrogens with one attached hydrogen (secondary N) is 1. The Bertz CT molecular complexity index is 924. The van der Waals surface area contributed by atoms with Gasteiger partial charge in [-0.15, -0.1) is 0 Å². The Kier molecular flexibility index (Phi) is 6.35. The molecule has 1 aromatic carbocycles. The van der Waals surface area contributed by atoms with Gasteiger partial charge in [-0.25, -0.2) is 9.67 Å². The number of benzene rings is 1. The van der Waals surface area contributed by atoms with Gasteiger partial charge in [-0.05, 0) is 22.6 Å². The van der Waals surface area contributed by atoms with Crippen molar-refractivity contribution in [2.45, 2.75) is 12.4 Å². The molecule has 158 valence electrons. The summed E-state index contributed by atoms with van der Waals surface area (Å²) in [5, 5.41) is 11.8. The summed E-state index contributed by atoms with van der Waals surface area (Å²) in [5.74, 6) is -1.05. The Morgan fingerprint density at radius 3 is 2.48 bits per heavy atom. The molecule has 2 aromatic rings. The molecule has 8 nitrogen and oxygen atoms in total. The normalized spacial score (nSPS) is 12.4. The van der Waals surface area contributed by atoms with Crippen molar-refractivity contribution in [3.63, 3.8) is 0 Å². The highest BCUT2D eigenvalue weighted by molar-refractivity contribution is 6.37. The first-order valence-electron chi connectivity index (χ1n) is 7.54. The summed E-state index contributed by atoms with van der Waals surface area (Å²) in [7, 11) is 2.37. The average molecular weight is 444 g/mol. The van der Waals surface area contributed by atoms with E-state index in [9.17, 15) is 31.1 Å². The van der Waals surface area contributed by atoms with Crippen molar-refractivity contribution < 1.29 is 31.1 Å². The fourth-order valence-corrected chi connectivity index (χ4v) is 2.38. The Labute approximate surface area is 164 Å². The number of aliphatic imine (C=N–C) groups is 1. The smallest absolute Gasteiger partial charge is 0.357 e.